The van der Waals surface area contributed by atoms with Gasteiger partial charge >= 0.3 is 0 Å². The molecule has 3 rings (SSSR count). The zero-order valence-electron chi connectivity index (χ0n) is 26.2. The summed E-state index contributed by atoms with van der Waals surface area (Å²) in [5, 5.41) is 2.80. The molecular formula is C32H41N3O8S. The lowest BCUT2D eigenvalue weighted by Gasteiger charge is -2.33. The molecule has 0 heterocycles. The van der Waals surface area contributed by atoms with Crippen molar-refractivity contribution in [2.45, 2.75) is 44.7 Å². The molecule has 0 fully saturated rings. The van der Waals surface area contributed by atoms with Crippen LogP contribution in [0.15, 0.2) is 65.6 Å². The summed E-state index contributed by atoms with van der Waals surface area (Å²) >= 11 is 0. The smallest absolute Gasteiger partial charge is 0.265 e. The van der Waals surface area contributed by atoms with Crippen LogP contribution in [0, 0.1) is 6.92 Å². The Morgan fingerprint density at radius 2 is 1.52 bits per heavy atom. The molecule has 1 N–H and O–H groups in total. The fourth-order valence-electron chi connectivity index (χ4n) is 4.83. The third-order valence-electron chi connectivity index (χ3n) is 7.05. The summed E-state index contributed by atoms with van der Waals surface area (Å²) in [6.45, 7) is 5.37. The van der Waals surface area contributed by atoms with E-state index in [0.717, 1.165) is 15.4 Å². The van der Waals surface area contributed by atoms with Gasteiger partial charge in [-0.2, -0.15) is 0 Å². The van der Waals surface area contributed by atoms with E-state index >= 15 is 0 Å². The van der Waals surface area contributed by atoms with Crippen molar-refractivity contribution in [3.63, 3.8) is 0 Å². The molecule has 0 aliphatic rings. The second-order valence-corrected chi connectivity index (χ2v) is 11.8. The molecule has 12 heteroatoms. The highest BCUT2D eigenvalue weighted by Gasteiger charge is 2.35. The van der Waals surface area contributed by atoms with Gasteiger partial charge in [0, 0.05) is 25.2 Å². The summed E-state index contributed by atoms with van der Waals surface area (Å²) < 4.78 is 51.3. The van der Waals surface area contributed by atoms with Crippen molar-refractivity contribution in [2.75, 3.05) is 45.8 Å². The van der Waals surface area contributed by atoms with Crippen LogP contribution in [0.25, 0.3) is 0 Å². The maximum atomic E-state index is 14.4. The highest BCUT2D eigenvalue weighted by molar-refractivity contribution is 7.92. The van der Waals surface area contributed by atoms with Gasteiger partial charge in [-0.3, -0.25) is 13.9 Å². The summed E-state index contributed by atoms with van der Waals surface area (Å²) in [6, 6.07) is 15.6. The van der Waals surface area contributed by atoms with E-state index < -0.39 is 28.5 Å². The molecule has 44 heavy (non-hydrogen) atoms. The number of anilines is 1. The first kappa shape index (κ1) is 34.0. The van der Waals surface area contributed by atoms with Crippen molar-refractivity contribution in [2.24, 2.45) is 0 Å². The minimum atomic E-state index is -4.43. The molecule has 3 aromatic carbocycles. The average Bonchev–Trinajstić information content (AvgIpc) is 3.02. The van der Waals surface area contributed by atoms with Gasteiger partial charge in [-0.1, -0.05) is 36.8 Å². The Morgan fingerprint density at radius 1 is 0.841 bits per heavy atom. The number of amides is 2. The molecule has 0 radical (unpaired) electrons. The Morgan fingerprint density at radius 3 is 2.11 bits per heavy atom. The SMILES string of the molecule is CCNC(=O)[C@H](CC)N(Cc1cccc(C)c1)C(=O)CN(c1cc(OC)ccc1OC)S(=O)(=O)c1ccc(OC)c(OC)c1. The molecule has 0 bridgehead atoms. The van der Waals surface area contributed by atoms with Gasteiger partial charge < -0.3 is 29.2 Å². The number of nitrogens with one attached hydrogen (secondary N) is 1. The van der Waals surface area contributed by atoms with Gasteiger partial charge in [0.1, 0.15) is 24.1 Å². The van der Waals surface area contributed by atoms with E-state index in [1.165, 1.54) is 57.6 Å². The lowest BCUT2D eigenvalue weighted by atomic mass is 10.1. The van der Waals surface area contributed by atoms with Crippen molar-refractivity contribution in [1.82, 2.24) is 10.2 Å². The molecule has 0 spiro atoms. The Balaban J connectivity index is 2.20. The predicted molar refractivity (Wildman–Crippen MR) is 168 cm³/mol. The number of nitrogens with zero attached hydrogens (tertiary/aromatic N) is 2. The molecule has 238 valence electrons. The standard InChI is InChI=1S/C32H41N3O8S/c1-8-26(32(37)33-9-2)34(20-23-12-10-11-22(3)17-23)31(36)21-35(27-18-24(40-4)13-15-28(27)41-5)44(38,39)25-14-16-29(42-6)30(19-25)43-7/h10-19,26H,8-9,20-21H2,1-7H3,(H,33,37)/t26-/m0/s1. The number of carbonyl (C=O) groups is 2. The topological polar surface area (TPSA) is 124 Å². The van der Waals surface area contributed by atoms with Gasteiger partial charge in [-0.25, -0.2) is 8.42 Å². The van der Waals surface area contributed by atoms with Crippen LogP contribution in [0.3, 0.4) is 0 Å². The number of rotatable bonds is 15. The largest absolute Gasteiger partial charge is 0.497 e. The molecule has 3 aromatic rings. The number of sulfonamides is 1. The predicted octanol–water partition coefficient (Wildman–Crippen LogP) is 4.17. The van der Waals surface area contributed by atoms with Gasteiger partial charge in [-0.15, -0.1) is 0 Å². The number of likely N-dealkylation sites (N-methyl/N-ethyl adjacent to an activating group) is 1. The van der Waals surface area contributed by atoms with Crippen LogP contribution in [0.4, 0.5) is 5.69 Å². The first-order valence-corrected chi connectivity index (χ1v) is 15.6. The van der Waals surface area contributed by atoms with Crippen LogP contribution in [0.5, 0.6) is 23.0 Å². The second kappa shape index (κ2) is 15.3. The van der Waals surface area contributed by atoms with Gasteiger partial charge in [-0.05, 0) is 50.1 Å². The van der Waals surface area contributed by atoms with Crippen LogP contribution < -0.4 is 28.6 Å². The molecule has 2 amide bonds. The fraction of sp³-hybridized carbons (Fsp3) is 0.375. The molecule has 0 saturated carbocycles. The maximum absolute atomic E-state index is 14.4. The second-order valence-electron chi connectivity index (χ2n) is 9.90. The molecule has 0 saturated heterocycles. The molecule has 0 aliphatic carbocycles. The number of ether oxygens (including phenoxy) is 4. The first-order valence-electron chi connectivity index (χ1n) is 14.1. The van der Waals surface area contributed by atoms with Crippen molar-refractivity contribution >= 4 is 27.5 Å². The van der Waals surface area contributed by atoms with E-state index in [2.05, 4.69) is 5.32 Å². The van der Waals surface area contributed by atoms with Crippen LogP contribution in [0.2, 0.25) is 0 Å². The normalized spacial score (nSPS) is 11.7. The number of methoxy groups -OCH3 is 4. The van der Waals surface area contributed by atoms with Gasteiger partial charge in [0.25, 0.3) is 10.0 Å². The molecule has 0 unspecified atom stereocenters. The van der Waals surface area contributed by atoms with Crippen LogP contribution in [-0.2, 0) is 26.2 Å². The van der Waals surface area contributed by atoms with Crippen molar-refractivity contribution in [1.29, 1.82) is 0 Å². The third-order valence-corrected chi connectivity index (χ3v) is 8.80. The van der Waals surface area contributed by atoms with Crippen molar-refractivity contribution < 1.29 is 37.0 Å². The summed E-state index contributed by atoms with van der Waals surface area (Å²) in [4.78, 5) is 28.7. The lowest BCUT2D eigenvalue weighted by Crippen LogP contribution is -2.52. The number of carbonyl (C=O) groups excluding carboxylic acids is 2. The third kappa shape index (κ3) is 7.73. The van der Waals surface area contributed by atoms with Gasteiger partial charge in [0.15, 0.2) is 11.5 Å². The van der Waals surface area contributed by atoms with Crippen LogP contribution in [0.1, 0.15) is 31.4 Å². The maximum Gasteiger partial charge on any atom is 0.265 e. The number of benzene rings is 3. The first-order chi connectivity index (χ1) is 21.0. The molecular weight excluding hydrogens is 586 g/mol. The van der Waals surface area contributed by atoms with Crippen LogP contribution in [-0.4, -0.2) is 72.7 Å². The number of aryl methyl sites for hydroxylation is 1. The summed E-state index contributed by atoms with van der Waals surface area (Å²) in [5.74, 6) is 0.170. The molecule has 11 nitrogen and oxygen atoms in total. The monoisotopic (exact) mass is 627 g/mol. The Bertz CT molecular complexity index is 1560. The van der Waals surface area contributed by atoms with Crippen molar-refractivity contribution in [3.8, 4) is 23.0 Å². The van der Waals surface area contributed by atoms with E-state index in [1.54, 1.807) is 26.0 Å². The van der Waals surface area contributed by atoms with Gasteiger partial charge in [0.2, 0.25) is 11.8 Å². The van der Waals surface area contributed by atoms with E-state index in [1.807, 2.05) is 31.2 Å². The van der Waals surface area contributed by atoms with E-state index in [-0.39, 0.29) is 34.5 Å². The van der Waals surface area contributed by atoms with E-state index in [0.29, 0.717) is 24.5 Å². The highest BCUT2D eigenvalue weighted by Crippen LogP contribution is 2.38. The Labute approximate surface area is 259 Å². The quantitative estimate of drug-likeness (QED) is 0.266. The number of hydrogen-bond acceptors (Lipinski definition) is 8. The Kier molecular flexibility index (Phi) is 11.9. The summed E-state index contributed by atoms with van der Waals surface area (Å²) in [6.07, 6.45) is 0.314. The minimum absolute atomic E-state index is 0.0801. The van der Waals surface area contributed by atoms with E-state index in [9.17, 15) is 18.0 Å². The van der Waals surface area contributed by atoms with E-state index in [4.69, 9.17) is 18.9 Å². The lowest BCUT2D eigenvalue weighted by molar-refractivity contribution is -0.140. The molecule has 1 atom stereocenters. The summed E-state index contributed by atoms with van der Waals surface area (Å²) in [7, 11) is 1.27. The fourth-order valence-corrected chi connectivity index (χ4v) is 6.26. The number of hydrogen-bond donors (Lipinski definition) is 1. The minimum Gasteiger partial charge on any atom is -0.497 e. The molecule has 0 aromatic heterocycles. The zero-order chi connectivity index (χ0) is 32.4. The van der Waals surface area contributed by atoms with Crippen LogP contribution >= 0.6 is 0 Å². The molecule has 0 aliphatic heterocycles. The van der Waals surface area contributed by atoms with Crippen molar-refractivity contribution in [3.05, 3.63) is 71.8 Å². The summed E-state index contributed by atoms with van der Waals surface area (Å²) in [5.41, 5.74) is 1.87. The average molecular weight is 628 g/mol. The van der Waals surface area contributed by atoms with Gasteiger partial charge in [0.05, 0.1) is 39.0 Å². The Hall–Kier alpha value is -4.45. The zero-order valence-corrected chi connectivity index (χ0v) is 27.1. The highest BCUT2D eigenvalue weighted by atomic mass is 32.2.